The van der Waals surface area contributed by atoms with Crippen LogP contribution in [0.5, 0.6) is 5.75 Å². The summed E-state index contributed by atoms with van der Waals surface area (Å²) in [6.45, 7) is 8.23. The first kappa shape index (κ1) is 17.1. The number of fused-ring (bicyclic) bond motifs is 1. The summed E-state index contributed by atoms with van der Waals surface area (Å²) in [4.78, 5) is 12.6. The minimum absolute atomic E-state index is 0.109. The lowest BCUT2D eigenvalue weighted by atomic mass is 9.96. The second-order valence-corrected chi connectivity index (χ2v) is 6.48. The molecule has 2 aromatic carbocycles. The number of amides is 1. The first-order chi connectivity index (χ1) is 11.9. The first-order valence-corrected chi connectivity index (χ1v) is 8.36. The highest BCUT2D eigenvalue weighted by Crippen LogP contribution is 2.29. The summed E-state index contributed by atoms with van der Waals surface area (Å²) in [5.74, 6) is 0.672. The summed E-state index contributed by atoms with van der Waals surface area (Å²) in [6, 6.07) is 11.5. The number of aryl methyl sites for hydroxylation is 3. The Kier molecular flexibility index (Phi) is 4.53. The molecule has 0 saturated heterocycles. The molecule has 0 bridgehead atoms. The van der Waals surface area contributed by atoms with Crippen molar-refractivity contribution >= 4 is 16.9 Å². The molecular formula is C21H23NO3. The van der Waals surface area contributed by atoms with Gasteiger partial charge in [-0.3, -0.25) is 4.79 Å². The molecule has 4 heteroatoms. The molecule has 4 nitrogen and oxygen atoms in total. The molecule has 0 unspecified atom stereocenters. The lowest BCUT2D eigenvalue weighted by Gasteiger charge is -2.17. The Balaban J connectivity index is 1.86. The van der Waals surface area contributed by atoms with Crippen LogP contribution in [0.1, 0.15) is 45.8 Å². The highest BCUT2D eigenvalue weighted by Gasteiger charge is 2.18. The van der Waals surface area contributed by atoms with Gasteiger partial charge in [-0.1, -0.05) is 24.3 Å². The van der Waals surface area contributed by atoms with Crippen LogP contribution >= 0.6 is 0 Å². The topological polar surface area (TPSA) is 51.5 Å². The van der Waals surface area contributed by atoms with Gasteiger partial charge >= 0.3 is 0 Å². The van der Waals surface area contributed by atoms with Gasteiger partial charge in [-0.2, -0.15) is 0 Å². The molecule has 1 amide bonds. The van der Waals surface area contributed by atoms with E-state index in [9.17, 15) is 4.79 Å². The van der Waals surface area contributed by atoms with E-state index in [1.165, 1.54) is 16.7 Å². The molecule has 25 heavy (non-hydrogen) atoms. The highest BCUT2D eigenvalue weighted by molar-refractivity contribution is 5.97. The molecule has 0 saturated carbocycles. The van der Waals surface area contributed by atoms with Crippen LogP contribution in [-0.4, -0.2) is 13.0 Å². The number of nitrogens with one attached hydrogen (secondary N) is 1. The predicted molar refractivity (Wildman–Crippen MR) is 99.3 cm³/mol. The number of hydrogen-bond donors (Lipinski definition) is 1. The van der Waals surface area contributed by atoms with Crippen molar-refractivity contribution < 1.29 is 13.9 Å². The molecule has 0 aliphatic heterocycles. The smallest absolute Gasteiger partial charge is 0.287 e. The fourth-order valence-corrected chi connectivity index (χ4v) is 3.10. The minimum Gasteiger partial charge on any atom is -0.493 e. The van der Waals surface area contributed by atoms with Gasteiger partial charge in [-0.05, 0) is 62.1 Å². The van der Waals surface area contributed by atoms with E-state index in [2.05, 4.69) is 38.2 Å². The quantitative estimate of drug-likeness (QED) is 0.740. The van der Waals surface area contributed by atoms with Crippen molar-refractivity contribution in [3.05, 3.63) is 64.4 Å². The Morgan fingerprint density at radius 3 is 2.52 bits per heavy atom. The van der Waals surface area contributed by atoms with E-state index in [-0.39, 0.29) is 17.7 Å². The Morgan fingerprint density at radius 2 is 1.80 bits per heavy atom. The van der Waals surface area contributed by atoms with Gasteiger partial charge in [-0.15, -0.1) is 0 Å². The summed E-state index contributed by atoms with van der Waals surface area (Å²) < 4.78 is 11.0. The van der Waals surface area contributed by atoms with E-state index in [1.807, 2.05) is 25.1 Å². The van der Waals surface area contributed by atoms with Gasteiger partial charge in [-0.25, -0.2) is 0 Å². The monoisotopic (exact) mass is 337 g/mol. The second-order valence-electron chi connectivity index (χ2n) is 6.48. The maximum atomic E-state index is 12.6. The lowest BCUT2D eigenvalue weighted by Crippen LogP contribution is -2.26. The molecule has 0 fully saturated rings. The molecule has 1 atom stereocenters. The zero-order valence-corrected chi connectivity index (χ0v) is 15.3. The predicted octanol–water partition coefficient (Wildman–Crippen LogP) is 4.86. The van der Waals surface area contributed by atoms with Crippen LogP contribution in [-0.2, 0) is 0 Å². The third-order valence-electron chi connectivity index (χ3n) is 4.65. The van der Waals surface area contributed by atoms with Gasteiger partial charge in [0.15, 0.2) is 17.1 Å². The van der Waals surface area contributed by atoms with E-state index in [0.717, 1.165) is 10.9 Å². The zero-order chi connectivity index (χ0) is 18.1. The number of para-hydroxylation sites is 1. The molecule has 3 rings (SSSR count). The fraction of sp³-hybridized carbons (Fsp3) is 0.286. The molecule has 3 aromatic rings. The number of benzene rings is 2. The maximum Gasteiger partial charge on any atom is 0.287 e. The molecule has 1 heterocycles. The zero-order valence-electron chi connectivity index (χ0n) is 15.3. The Hall–Kier alpha value is -2.75. The van der Waals surface area contributed by atoms with Crippen molar-refractivity contribution in [3.8, 4) is 5.75 Å². The summed E-state index contributed by atoms with van der Waals surface area (Å²) >= 11 is 0. The van der Waals surface area contributed by atoms with Crippen molar-refractivity contribution in [2.75, 3.05) is 7.11 Å². The van der Waals surface area contributed by atoms with Gasteiger partial charge in [0.25, 0.3) is 5.91 Å². The molecule has 1 N–H and O–H groups in total. The number of furan rings is 1. The van der Waals surface area contributed by atoms with Crippen LogP contribution in [0.15, 0.2) is 40.8 Å². The average molecular weight is 337 g/mol. The number of ether oxygens (including phenoxy) is 1. The Morgan fingerprint density at radius 1 is 1.08 bits per heavy atom. The maximum absolute atomic E-state index is 12.6. The molecule has 1 aromatic heterocycles. The van der Waals surface area contributed by atoms with Crippen LogP contribution in [0, 0.1) is 20.8 Å². The summed E-state index contributed by atoms with van der Waals surface area (Å²) in [7, 11) is 1.58. The molecule has 0 aliphatic rings. The van der Waals surface area contributed by atoms with Crippen molar-refractivity contribution in [2.45, 2.75) is 33.7 Å². The van der Waals surface area contributed by atoms with E-state index in [1.54, 1.807) is 13.2 Å². The molecule has 0 aliphatic carbocycles. The summed E-state index contributed by atoms with van der Waals surface area (Å²) in [5.41, 5.74) is 5.34. The molecule has 0 radical (unpaired) electrons. The summed E-state index contributed by atoms with van der Waals surface area (Å²) in [5, 5.41) is 3.87. The van der Waals surface area contributed by atoms with E-state index < -0.39 is 0 Å². The highest BCUT2D eigenvalue weighted by atomic mass is 16.5. The molecule has 0 spiro atoms. The van der Waals surface area contributed by atoms with Gasteiger partial charge in [0.1, 0.15) is 0 Å². The minimum atomic E-state index is -0.233. The number of carbonyl (C=O) groups excluding carboxylic acids is 1. The SMILES string of the molecule is COc1cccc2cc(C(=O)N[C@@H](C)c3cc(C)c(C)cc3C)oc12. The van der Waals surface area contributed by atoms with Gasteiger partial charge in [0.2, 0.25) is 0 Å². The van der Waals surface area contributed by atoms with Gasteiger partial charge in [0, 0.05) is 5.39 Å². The van der Waals surface area contributed by atoms with Crippen LogP contribution in [0.3, 0.4) is 0 Å². The Bertz CT molecular complexity index is 940. The van der Waals surface area contributed by atoms with Crippen molar-refractivity contribution in [3.63, 3.8) is 0 Å². The Labute approximate surface area is 147 Å². The molecule has 130 valence electrons. The largest absolute Gasteiger partial charge is 0.493 e. The number of carbonyl (C=O) groups is 1. The molecular weight excluding hydrogens is 314 g/mol. The number of methoxy groups -OCH3 is 1. The third kappa shape index (κ3) is 3.25. The van der Waals surface area contributed by atoms with Crippen LogP contribution in [0.4, 0.5) is 0 Å². The van der Waals surface area contributed by atoms with Crippen molar-refractivity contribution in [1.82, 2.24) is 5.32 Å². The fourth-order valence-electron chi connectivity index (χ4n) is 3.10. The van der Waals surface area contributed by atoms with Crippen LogP contribution < -0.4 is 10.1 Å². The van der Waals surface area contributed by atoms with Gasteiger partial charge in [0.05, 0.1) is 13.2 Å². The van der Waals surface area contributed by atoms with Crippen LogP contribution in [0.2, 0.25) is 0 Å². The summed E-state index contributed by atoms with van der Waals surface area (Å²) in [6.07, 6.45) is 0. The first-order valence-electron chi connectivity index (χ1n) is 8.36. The standard InChI is InChI=1S/C21H23NO3/c1-12-9-14(3)17(10-13(12)2)15(4)22-21(23)19-11-16-7-6-8-18(24-5)20(16)25-19/h6-11,15H,1-5H3,(H,22,23)/t15-/m0/s1. The van der Waals surface area contributed by atoms with Crippen molar-refractivity contribution in [1.29, 1.82) is 0 Å². The van der Waals surface area contributed by atoms with Crippen molar-refractivity contribution in [2.24, 2.45) is 0 Å². The second kappa shape index (κ2) is 6.63. The number of hydrogen-bond acceptors (Lipinski definition) is 3. The van der Waals surface area contributed by atoms with Crippen LogP contribution in [0.25, 0.3) is 11.0 Å². The average Bonchev–Trinajstić information content (AvgIpc) is 3.02. The van der Waals surface area contributed by atoms with Gasteiger partial charge < -0.3 is 14.5 Å². The van der Waals surface area contributed by atoms with E-state index >= 15 is 0 Å². The third-order valence-corrected chi connectivity index (χ3v) is 4.65. The number of rotatable bonds is 4. The van der Waals surface area contributed by atoms with E-state index in [4.69, 9.17) is 9.15 Å². The van der Waals surface area contributed by atoms with E-state index in [0.29, 0.717) is 11.3 Å². The normalized spacial score (nSPS) is 12.2. The lowest BCUT2D eigenvalue weighted by molar-refractivity contribution is 0.0914.